The minimum Gasteiger partial charge on any atom is -0.437 e. The van der Waals surface area contributed by atoms with Crippen molar-refractivity contribution in [2.24, 2.45) is 7.05 Å². The third-order valence-electron chi connectivity index (χ3n) is 8.23. The van der Waals surface area contributed by atoms with Crippen LogP contribution in [-0.2, 0) is 48.2 Å². The lowest BCUT2D eigenvalue weighted by atomic mass is 10.0. The van der Waals surface area contributed by atoms with Crippen LogP contribution in [0.1, 0.15) is 31.9 Å². The summed E-state index contributed by atoms with van der Waals surface area (Å²) in [5, 5.41) is 22.2. The van der Waals surface area contributed by atoms with Crippen LogP contribution in [-0.4, -0.2) is 118 Å². The largest absolute Gasteiger partial charge is 0.490 e. The number of aliphatic hydroxyl groups is 1. The van der Waals surface area contributed by atoms with Crippen LogP contribution in [0, 0.1) is 0 Å². The Morgan fingerprint density at radius 2 is 1.83 bits per heavy atom. The van der Waals surface area contributed by atoms with Gasteiger partial charge in [-0.1, -0.05) is 11.4 Å². The quantitative estimate of drug-likeness (QED) is 0.0344. The van der Waals surface area contributed by atoms with Gasteiger partial charge in [-0.15, -0.1) is 0 Å². The van der Waals surface area contributed by atoms with E-state index in [1.54, 1.807) is 11.8 Å². The number of anilines is 1. The summed E-state index contributed by atoms with van der Waals surface area (Å²) in [7, 11) is -15.7. The molecule has 9 atom stereocenters. The number of thioether (sulfide) groups is 1. The van der Waals surface area contributed by atoms with Crippen molar-refractivity contribution >= 4 is 70.4 Å². The number of nitrogens with zero attached hydrogens (tertiary/aromatic N) is 3. The molecule has 54 heavy (non-hydrogen) atoms. The number of phosphoric ester groups is 1. The second kappa shape index (κ2) is 16.9. The van der Waals surface area contributed by atoms with Crippen LogP contribution >= 0.6 is 35.2 Å². The first kappa shape index (κ1) is 42.0. The summed E-state index contributed by atoms with van der Waals surface area (Å²) in [6.07, 6.45) is -4.09. The highest BCUT2D eigenvalue weighted by molar-refractivity contribution is 8.00. The molecule has 0 radical (unpaired) electrons. The van der Waals surface area contributed by atoms with Gasteiger partial charge in [0.2, 0.25) is 17.7 Å². The molecule has 0 saturated carbocycles. The average molecular weight is 851 g/mol. The number of hydrogen-bond acceptors (Lipinski definition) is 16. The van der Waals surface area contributed by atoms with Crippen LogP contribution in [0.4, 0.5) is 15.5 Å². The SMILES string of the molecule is Cn1c[n+]([C@@H]2O[C@H](COP(=O)(O)OP(=O)(O)OP(=O)(O)O)[C@@H](O)[C@H]2OC(=O)NCCNC(=O)CCCC[C@@H]2SC[C@@H]3NC(=O)N[C@@H]32)c2nc(N)[nH]c(=O)c21. The number of carbonyl (C=O) groups excluding carboxylic acids is 3. The monoisotopic (exact) mass is 850 g/mol. The molecular weight excluding hydrogens is 811 g/mol. The molecule has 0 aliphatic carbocycles. The van der Waals surface area contributed by atoms with Gasteiger partial charge >= 0.3 is 41.2 Å². The number of aromatic amines is 1. The van der Waals surface area contributed by atoms with Crippen molar-refractivity contribution in [2.75, 3.05) is 31.2 Å². The second-order valence-electron chi connectivity index (χ2n) is 12.2. The number of aliphatic hydroxyl groups excluding tert-OH is 1. The molecule has 4 amide bonds. The molecule has 0 bridgehead atoms. The number of urea groups is 1. The Morgan fingerprint density at radius 3 is 2.56 bits per heavy atom. The van der Waals surface area contributed by atoms with Crippen molar-refractivity contribution in [1.29, 1.82) is 0 Å². The number of aryl methyl sites for hydroxylation is 1. The highest BCUT2D eigenvalue weighted by Crippen LogP contribution is 2.66. The molecule has 30 heteroatoms. The van der Waals surface area contributed by atoms with Crippen LogP contribution in [0.2, 0.25) is 0 Å². The maximum absolute atomic E-state index is 12.9. The number of nitrogen functional groups attached to an aromatic ring is 1. The van der Waals surface area contributed by atoms with Crippen molar-refractivity contribution in [2.45, 2.75) is 67.6 Å². The number of carbonyl (C=O) groups is 3. The molecule has 302 valence electrons. The van der Waals surface area contributed by atoms with Crippen LogP contribution < -0.4 is 37.1 Å². The number of nitrogens with one attached hydrogen (secondary N) is 5. The van der Waals surface area contributed by atoms with Gasteiger partial charge in [0.15, 0.2) is 12.4 Å². The molecule has 26 nitrogen and oxygen atoms in total. The van der Waals surface area contributed by atoms with Crippen LogP contribution in [0.25, 0.3) is 11.2 Å². The zero-order valence-corrected chi connectivity index (χ0v) is 31.6. The van der Waals surface area contributed by atoms with Crippen molar-refractivity contribution in [1.82, 2.24) is 35.8 Å². The van der Waals surface area contributed by atoms with E-state index in [4.69, 9.17) is 25.0 Å². The summed E-state index contributed by atoms with van der Waals surface area (Å²) >= 11 is 1.78. The van der Waals surface area contributed by atoms with Crippen molar-refractivity contribution in [3.63, 3.8) is 0 Å². The van der Waals surface area contributed by atoms with E-state index >= 15 is 0 Å². The molecule has 3 fully saturated rings. The molecule has 0 spiro atoms. The van der Waals surface area contributed by atoms with Gasteiger partial charge in [0.1, 0.15) is 12.2 Å². The van der Waals surface area contributed by atoms with E-state index in [2.05, 4.69) is 44.4 Å². The fourth-order valence-corrected chi connectivity index (χ4v) is 10.6. The van der Waals surface area contributed by atoms with Gasteiger partial charge < -0.3 is 61.2 Å². The van der Waals surface area contributed by atoms with E-state index in [1.165, 1.54) is 17.9 Å². The second-order valence-corrected chi connectivity index (χ2v) is 17.9. The maximum atomic E-state index is 12.9. The van der Waals surface area contributed by atoms with Gasteiger partial charge in [0, 0.05) is 30.5 Å². The number of imidazole rings is 1. The Hall–Kier alpha value is -3.16. The fourth-order valence-electron chi connectivity index (χ4n) is 6.03. The Bertz CT molecular complexity index is 1950. The molecule has 12 N–H and O–H groups in total. The molecule has 5 heterocycles. The number of unbranched alkanes of at least 4 members (excludes halogenated alkanes) is 1. The highest BCUT2D eigenvalue weighted by Gasteiger charge is 2.52. The number of rotatable bonds is 17. The number of fused-ring (bicyclic) bond motifs is 2. The zero-order chi connectivity index (χ0) is 39.6. The molecule has 3 aliphatic heterocycles. The highest BCUT2D eigenvalue weighted by atomic mass is 32.2. The normalized spacial score (nSPS) is 27.4. The first-order valence-corrected chi connectivity index (χ1v) is 21.6. The number of aromatic nitrogens is 4. The minimum atomic E-state index is -5.86. The standard InChI is InChI=1S/C24H38N9O17P3S/c1-32-10-33(19-16(32)20(36)31-22(25)30-19)21-18(17(35)12(47-21)8-46-52(42,43)50-53(44,45)49-51(39,40)41)48-24(38)27-7-6-26-14(34)5-3-2-4-13-15-11(9-54-13)28-23(37)29-15/h10-13,15,17-18,21,35H,2-9H2,1H3,(H10-,25,26,27,28,29,30,31,34,36,37,38,39,40,41,42,43,44,45)/p+1/t11-,12+,13-,15-,17+,18+,21+/m0/s1. The van der Waals surface area contributed by atoms with Crippen molar-refractivity contribution in [3.05, 3.63) is 16.7 Å². The summed E-state index contributed by atoms with van der Waals surface area (Å²) in [4.78, 5) is 92.5. The third-order valence-corrected chi connectivity index (χ3v) is 13.5. The van der Waals surface area contributed by atoms with Crippen LogP contribution in [0.5, 0.6) is 0 Å². The Balaban J connectivity index is 1.16. The molecule has 3 saturated heterocycles. The molecule has 5 rings (SSSR count). The van der Waals surface area contributed by atoms with E-state index in [0.717, 1.165) is 23.2 Å². The van der Waals surface area contributed by atoms with E-state index in [0.29, 0.717) is 6.42 Å². The lowest BCUT2D eigenvalue weighted by Crippen LogP contribution is -2.49. The fraction of sp³-hybridized carbons (Fsp3) is 0.667. The van der Waals surface area contributed by atoms with Gasteiger partial charge in [-0.3, -0.25) is 23.7 Å². The lowest BCUT2D eigenvalue weighted by molar-refractivity contribution is -0.745. The number of ether oxygens (including phenoxy) is 2. The predicted octanol–water partition coefficient (Wildman–Crippen LogP) is -2.33. The first-order chi connectivity index (χ1) is 25.2. The number of alkyl carbamates (subject to hydrolysis) is 1. The van der Waals surface area contributed by atoms with Crippen molar-refractivity contribution < 1.29 is 79.9 Å². The lowest BCUT2D eigenvalue weighted by Gasteiger charge is -2.20. The van der Waals surface area contributed by atoms with Gasteiger partial charge in [0.05, 0.1) is 25.7 Å². The molecule has 2 unspecified atom stereocenters. The van der Waals surface area contributed by atoms with Gasteiger partial charge in [-0.05, 0) is 12.8 Å². The number of amides is 4. The van der Waals surface area contributed by atoms with Gasteiger partial charge in [-0.2, -0.15) is 20.4 Å². The Labute approximate surface area is 308 Å². The summed E-state index contributed by atoms with van der Waals surface area (Å²) in [6, 6.07) is 0.0254. The van der Waals surface area contributed by atoms with Gasteiger partial charge in [0.25, 0.3) is 11.5 Å². The van der Waals surface area contributed by atoms with Crippen molar-refractivity contribution in [3.8, 4) is 0 Å². The Kier molecular flexibility index (Phi) is 13.2. The smallest absolute Gasteiger partial charge is 0.437 e. The first-order valence-electron chi connectivity index (χ1n) is 16.0. The Morgan fingerprint density at radius 1 is 1.11 bits per heavy atom. The molecule has 3 aliphatic rings. The van der Waals surface area contributed by atoms with Gasteiger partial charge in [-0.25, -0.2) is 27.9 Å². The third kappa shape index (κ3) is 10.8. The maximum Gasteiger partial charge on any atom is 0.490 e. The molecule has 2 aromatic heterocycles. The molecule has 2 aromatic rings. The summed E-state index contributed by atoms with van der Waals surface area (Å²) in [6.45, 7) is -1.21. The molecular formula is C24H39N9O17P3S+. The summed E-state index contributed by atoms with van der Waals surface area (Å²) in [5.41, 5.74) is 4.92. The minimum absolute atomic E-state index is 0.00769. The summed E-state index contributed by atoms with van der Waals surface area (Å²) < 4.78 is 60.6. The van der Waals surface area contributed by atoms with Crippen LogP contribution in [0.15, 0.2) is 11.1 Å². The zero-order valence-electron chi connectivity index (χ0n) is 28.1. The van der Waals surface area contributed by atoms with E-state index in [-0.39, 0.29) is 65.9 Å². The summed E-state index contributed by atoms with van der Waals surface area (Å²) in [5.74, 6) is 0.267. The van der Waals surface area contributed by atoms with E-state index in [9.17, 15) is 47.8 Å². The number of hydrogen-bond donors (Lipinski definition) is 11. The topological polar surface area (TPSA) is 378 Å². The number of phosphoric acid groups is 3. The predicted molar refractivity (Wildman–Crippen MR) is 181 cm³/mol. The average Bonchev–Trinajstić information content (AvgIpc) is 3.77. The van der Waals surface area contributed by atoms with Crippen LogP contribution in [0.3, 0.4) is 0 Å². The number of nitrogens with two attached hydrogens (primary N) is 1. The number of H-pyrrole nitrogens is 1. The van der Waals surface area contributed by atoms with E-state index < -0.39 is 66.3 Å². The van der Waals surface area contributed by atoms with E-state index in [1.807, 2.05) is 0 Å². The molecule has 0 aromatic carbocycles.